The Labute approximate surface area is 120 Å². The van der Waals surface area contributed by atoms with Crippen LogP contribution in [0.5, 0.6) is 11.5 Å². The number of para-hydroxylation sites is 1. The van der Waals surface area contributed by atoms with E-state index in [2.05, 4.69) is 12.1 Å². The average molecular weight is 271 g/mol. The van der Waals surface area contributed by atoms with Crippen molar-refractivity contribution in [2.75, 3.05) is 14.2 Å². The van der Waals surface area contributed by atoms with Gasteiger partial charge in [0.2, 0.25) is 0 Å². The zero-order valence-corrected chi connectivity index (χ0v) is 12.0. The molecule has 0 fully saturated rings. The first-order chi connectivity index (χ1) is 9.76. The van der Waals surface area contributed by atoms with E-state index >= 15 is 0 Å². The largest absolute Gasteiger partial charge is 0.493 e. The second-order valence-electron chi connectivity index (χ2n) is 4.71. The Morgan fingerprint density at radius 2 is 1.70 bits per heavy atom. The molecule has 0 aliphatic heterocycles. The normalized spacial score (nSPS) is 11.9. The van der Waals surface area contributed by atoms with Crippen LogP contribution in [0.2, 0.25) is 0 Å². The molecular weight excluding hydrogens is 250 g/mol. The minimum Gasteiger partial charge on any atom is -0.493 e. The van der Waals surface area contributed by atoms with Gasteiger partial charge in [-0.05, 0) is 24.5 Å². The summed E-state index contributed by atoms with van der Waals surface area (Å²) in [5, 5.41) is 0. The van der Waals surface area contributed by atoms with Crippen LogP contribution in [0.3, 0.4) is 0 Å². The van der Waals surface area contributed by atoms with Gasteiger partial charge in [-0.15, -0.1) is 0 Å². The molecule has 3 nitrogen and oxygen atoms in total. The van der Waals surface area contributed by atoms with Crippen molar-refractivity contribution in [3.8, 4) is 11.5 Å². The number of hydrogen-bond donors (Lipinski definition) is 1. The molecular formula is C17H21NO2. The quantitative estimate of drug-likeness (QED) is 0.876. The van der Waals surface area contributed by atoms with Crippen LogP contribution in [-0.4, -0.2) is 14.2 Å². The minimum atomic E-state index is -0.0692. The lowest BCUT2D eigenvalue weighted by atomic mass is 9.98. The van der Waals surface area contributed by atoms with Gasteiger partial charge in [-0.1, -0.05) is 42.5 Å². The molecule has 2 aromatic carbocycles. The fraction of sp³-hybridized carbons (Fsp3) is 0.294. The monoisotopic (exact) mass is 271 g/mol. The fourth-order valence-corrected chi connectivity index (χ4v) is 2.33. The third-order valence-corrected chi connectivity index (χ3v) is 3.42. The number of benzene rings is 2. The fourth-order valence-electron chi connectivity index (χ4n) is 2.33. The molecule has 2 N–H and O–H groups in total. The van der Waals surface area contributed by atoms with Gasteiger partial charge in [0.1, 0.15) is 0 Å². The second-order valence-corrected chi connectivity index (χ2v) is 4.71. The summed E-state index contributed by atoms with van der Waals surface area (Å²) in [6.07, 6.45) is 1.82. The molecule has 3 heteroatoms. The van der Waals surface area contributed by atoms with Gasteiger partial charge in [-0.25, -0.2) is 0 Å². The zero-order valence-electron chi connectivity index (χ0n) is 12.0. The number of methoxy groups -OCH3 is 2. The van der Waals surface area contributed by atoms with Gasteiger partial charge in [0.05, 0.1) is 14.2 Å². The highest BCUT2D eigenvalue weighted by Gasteiger charge is 2.15. The predicted octanol–water partition coefficient (Wildman–Crippen LogP) is 3.34. The molecule has 2 aromatic rings. The van der Waals surface area contributed by atoms with Crippen LogP contribution in [0.4, 0.5) is 0 Å². The van der Waals surface area contributed by atoms with Gasteiger partial charge in [0, 0.05) is 11.6 Å². The molecule has 0 radical (unpaired) electrons. The molecule has 0 aliphatic rings. The SMILES string of the molecule is COc1cccc(C(N)CCc2ccccc2)c1OC. The van der Waals surface area contributed by atoms with Crippen LogP contribution < -0.4 is 15.2 Å². The summed E-state index contributed by atoms with van der Waals surface area (Å²) in [5.41, 5.74) is 8.59. The Morgan fingerprint density at radius 3 is 2.35 bits per heavy atom. The van der Waals surface area contributed by atoms with E-state index < -0.39 is 0 Å². The van der Waals surface area contributed by atoms with Gasteiger partial charge in [-0.2, -0.15) is 0 Å². The maximum Gasteiger partial charge on any atom is 0.165 e. The summed E-state index contributed by atoms with van der Waals surface area (Å²) in [7, 11) is 3.28. The topological polar surface area (TPSA) is 44.5 Å². The second kappa shape index (κ2) is 6.96. The highest BCUT2D eigenvalue weighted by atomic mass is 16.5. The lowest BCUT2D eigenvalue weighted by Gasteiger charge is -2.17. The molecule has 0 aromatic heterocycles. The van der Waals surface area contributed by atoms with Crippen LogP contribution in [-0.2, 0) is 6.42 Å². The molecule has 1 unspecified atom stereocenters. The first-order valence-corrected chi connectivity index (χ1v) is 6.76. The summed E-state index contributed by atoms with van der Waals surface area (Å²) in [5.74, 6) is 1.45. The van der Waals surface area contributed by atoms with E-state index in [4.69, 9.17) is 15.2 Å². The smallest absolute Gasteiger partial charge is 0.165 e. The summed E-state index contributed by atoms with van der Waals surface area (Å²) in [4.78, 5) is 0. The van der Waals surface area contributed by atoms with Crippen molar-refractivity contribution in [2.24, 2.45) is 5.73 Å². The highest BCUT2D eigenvalue weighted by molar-refractivity contribution is 5.48. The first kappa shape index (κ1) is 14.4. The summed E-state index contributed by atoms with van der Waals surface area (Å²) >= 11 is 0. The lowest BCUT2D eigenvalue weighted by molar-refractivity contribution is 0.349. The van der Waals surface area contributed by atoms with E-state index in [-0.39, 0.29) is 6.04 Å². The van der Waals surface area contributed by atoms with E-state index in [0.717, 1.165) is 29.9 Å². The Morgan fingerprint density at radius 1 is 0.950 bits per heavy atom. The number of aryl methyl sites for hydroxylation is 1. The Hall–Kier alpha value is -2.00. The Bertz CT molecular complexity index is 540. The Balaban J connectivity index is 2.11. The van der Waals surface area contributed by atoms with E-state index in [9.17, 15) is 0 Å². The van der Waals surface area contributed by atoms with Crippen LogP contribution in [0, 0.1) is 0 Å². The maximum absolute atomic E-state index is 6.31. The zero-order chi connectivity index (χ0) is 14.4. The van der Waals surface area contributed by atoms with Crippen LogP contribution in [0.1, 0.15) is 23.6 Å². The Kier molecular flexibility index (Phi) is 5.02. The van der Waals surface area contributed by atoms with E-state index in [1.165, 1.54) is 5.56 Å². The number of rotatable bonds is 6. The van der Waals surface area contributed by atoms with E-state index in [0.29, 0.717) is 0 Å². The molecule has 0 spiro atoms. The molecule has 0 aliphatic carbocycles. The van der Waals surface area contributed by atoms with Crippen molar-refractivity contribution >= 4 is 0 Å². The minimum absolute atomic E-state index is 0.0692. The summed E-state index contributed by atoms with van der Waals surface area (Å²) in [6.45, 7) is 0. The molecule has 106 valence electrons. The molecule has 20 heavy (non-hydrogen) atoms. The molecule has 1 atom stereocenters. The lowest BCUT2D eigenvalue weighted by Crippen LogP contribution is -2.13. The summed E-state index contributed by atoms with van der Waals surface area (Å²) < 4.78 is 10.7. The number of hydrogen-bond acceptors (Lipinski definition) is 3. The number of ether oxygens (including phenoxy) is 2. The highest BCUT2D eigenvalue weighted by Crippen LogP contribution is 2.35. The summed E-state index contributed by atoms with van der Waals surface area (Å²) in [6, 6.07) is 16.1. The first-order valence-electron chi connectivity index (χ1n) is 6.76. The van der Waals surface area contributed by atoms with Crippen molar-refractivity contribution < 1.29 is 9.47 Å². The standard InChI is InChI=1S/C17H21NO2/c1-19-16-10-6-9-14(17(16)20-2)15(18)12-11-13-7-4-3-5-8-13/h3-10,15H,11-12,18H2,1-2H3. The van der Waals surface area contributed by atoms with Gasteiger partial charge >= 0.3 is 0 Å². The van der Waals surface area contributed by atoms with Gasteiger partial charge < -0.3 is 15.2 Å². The molecule has 0 bridgehead atoms. The molecule has 2 rings (SSSR count). The van der Waals surface area contributed by atoms with Crippen LogP contribution >= 0.6 is 0 Å². The van der Waals surface area contributed by atoms with Gasteiger partial charge in [0.15, 0.2) is 11.5 Å². The van der Waals surface area contributed by atoms with Crippen molar-refractivity contribution in [3.05, 3.63) is 59.7 Å². The predicted molar refractivity (Wildman–Crippen MR) is 81.2 cm³/mol. The molecule has 0 heterocycles. The van der Waals surface area contributed by atoms with Crippen LogP contribution in [0.25, 0.3) is 0 Å². The van der Waals surface area contributed by atoms with Crippen molar-refractivity contribution in [1.82, 2.24) is 0 Å². The van der Waals surface area contributed by atoms with Gasteiger partial charge in [-0.3, -0.25) is 0 Å². The van der Waals surface area contributed by atoms with Crippen LogP contribution in [0.15, 0.2) is 48.5 Å². The number of nitrogens with two attached hydrogens (primary N) is 1. The van der Waals surface area contributed by atoms with Crippen molar-refractivity contribution in [2.45, 2.75) is 18.9 Å². The van der Waals surface area contributed by atoms with Gasteiger partial charge in [0.25, 0.3) is 0 Å². The van der Waals surface area contributed by atoms with Crippen molar-refractivity contribution in [3.63, 3.8) is 0 Å². The molecule has 0 saturated carbocycles. The molecule has 0 saturated heterocycles. The van der Waals surface area contributed by atoms with Crippen molar-refractivity contribution in [1.29, 1.82) is 0 Å². The maximum atomic E-state index is 6.31. The van der Waals surface area contributed by atoms with E-state index in [1.54, 1.807) is 14.2 Å². The van der Waals surface area contributed by atoms with E-state index in [1.807, 2.05) is 36.4 Å². The third kappa shape index (κ3) is 3.31. The average Bonchev–Trinajstić information content (AvgIpc) is 2.52. The third-order valence-electron chi connectivity index (χ3n) is 3.42. The molecule has 0 amide bonds.